The zero-order valence-corrected chi connectivity index (χ0v) is 16.0. The fourth-order valence-corrected chi connectivity index (χ4v) is 3.54. The van der Waals surface area contributed by atoms with Gasteiger partial charge in [-0.3, -0.25) is 4.90 Å². The van der Waals surface area contributed by atoms with Crippen LogP contribution in [0.4, 0.5) is 13.6 Å². The maximum Gasteiger partial charge on any atom is 0.417 e. The number of amides is 1. The standard InChI is InChI=1S/C22H16F2N4O2/c1-13-18-10-15-12-27(11-14-4-2-3-5-19(14)24)22(29)30-21(15)25-20(18)28(26-13)17-8-6-16(23)7-9-17/h2-10H,11-12H2,1H3. The first-order valence-corrected chi connectivity index (χ1v) is 9.35. The summed E-state index contributed by atoms with van der Waals surface area (Å²) < 4.78 is 34.3. The van der Waals surface area contributed by atoms with Gasteiger partial charge < -0.3 is 4.74 Å². The molecular formula is C22H16F2N4O2. The van der Waals surface area contributed by atoms with Crippen molar-refractivity contribution in [2.45, 2.75) is 20.0 Å². The van der Waals surface area contributed by atoms with E-state index in [1.54, 1.807) is 35.0 Å². The fourth-order valence-electron chi connectivity index (χ4n) is 3.54. The molecule has 0 saturated carbocycles. The average molecular weight is 406 g/mol. The molecule has 150 valence electrons. The number of ether oxygens (including phenoxy) is 1. The third-order valence-electron chi connectivity index (χ3n) is 5.08. The minimum Gasteiger partial charge on any atom is -0.391 e. The van der Waals surface area contributed by atoms with Gasteiger partial charge in [0.2, 0.25) is 5.88 Å². The molecule has 1 aliphatic heterocycles. The van der Waals surface area contributed by atoms with Crippen molar-refractivity contribution in [2.24, 2.45) is 0 Å². The van der Waals surface area contributed by atoms with Crippen molar-refractivity contribution in [3.8, 4) is 11.6 Å². The van der Waals surface area contributed by atoms with Crippen molar-refractivity contribution in [1.29, 1.82) is 0 Å². The number of rotatable bonds is 3. The van der Waals surface area contributed by atoms with Crippen LogP contribution < -0.4 is 4.74 Å². The lowest BCUT2D eigenvalue weighted by Crippen LogP contribution is -2.37. The molecule has 0 saturated heterocycles. The van der Waals surface area contributed by atoms with Gasteiger partial charge in [-0.05, 0) is 43.3 Å². The summed E-state index contributed by atoms with van der Waals surface area (Å²) in [4.78, 5) is 18.4. The molecule has 0 N–H and O–H groups in total. The Balaban J connectivity index is 1.53. The Morgan fingerprint density at radius 2 is 1.87 bits per heavy atom. The summed E-state index contributed by atoms with van der Waals surface area (Å²) in [6.07, 6.45) is -0.595. The van der Waals surface area contributed by atoms with Crippen LogP contribution in [0, 0.1) is 18.6 Å². The Kier molecular flexibility index (Phi) is 4.20. The van der Waals surface area contributed by atoms with Crippen molar-refractivity contribution >= 4 is 17.1 Å². The predicted molar refractivity (Wildman–Crippen MR) is 105 cm³/mol. The zero-order valence-electron chi connectivity index (χ0n) is 16.0. The topological polar surface area (TPSA) is 60.2 Å². The van der Waals surface area contributed by atoms with Gasteiger partial charge in [0, 0.05) is 16.5 Å². The van der Waals surface area contributed by atoms with Gasteiger partial charge in [-0.15, -0.1) is 0 Å². The quantitative estimate of drug-likeness (QED) is 0.502. The molecule has 5 rings (SSSR count). The highest BCUT2D eigenvalue weighted by Crippen LogP contribution is 2.31. The Bertz CT molecular complexity index is 1280. The molecule has 0 fully saturated rings. The molecular weight excluding hydrogens is 390 g/mol. The summed E-state index contributed by atoms with van der Waals surface area (Å²) in [5, 5.41) is 5.30. The molecule has 0 aliphatic carbocycles. The van der Waals surface area contributed by atoms with Gasteiger partial charge in [0.15, 0.2) is 5.65 Å². The van der Waals surface area contributed by atoms with Crippen LogP contribution in [-0.4, -0.2) is 25.8 Å². The second-order valence-electron chi connectivity index (χ2n) is 7.11. The second kappa shape index (κ2) is 6.91. The molecule has 0 atom stereocenters. The Labute approximate surface area is 170 Å². The monoisotopic (exact) mass is 406 g/mol. The van der Waals surface area contributed by atoms with Gasteiger partial charge in [-0.25, -0.2) is 18.3 Å². The number of halogens is 2. The van der Waals surface area contributed by atoms with Crippen molar-refractivity contribution < 1.29 is 18.3 Å². The third kappa shape index (κ3) is 3.06. The molecule has 0 unspecified atom stereocenters. The maximum absolute atomic E-state index is 14.0. The largest absolute Gasteiger partial charge is 0.417 e. The normalized spacial score (nSPS) is 13.4. The van der Waals surface area contributed by atoms with Crippen LogP contribution in [0.25, 0.3) is 16.7 Å². The van der Waals surface area contributed by atoms with E-state index in [-0.39, 0.29) is 30.6 Å². The highest BCUT2D eigenvalue weighted by Gasteiger charge is 2.28. The van der Waals surface area contributed by atoms with Gasteiger partial charge in [-0.2, -0.15) is 10.1 Å². The molecule has 1 aliphatic rings. The summed E-state index contributed by atoms with van der Waals surface area (Å²) in [6.45, 7) is 2.19. The number of hydrogen-bond acceptors (Lipinski definition) is 4. The lowest BCUT2D eigenvalue weighted by molar-refractivity contribution is 0.132. The summed E-state index contributed by atoms with van der Waals surface area (Å²) in [5.41, 5.74) is 3.01. The maximum atomic E-state index is 14.0. The third-order valence-corrected chi connectivity index (χ3v) is 5.08. The van der Waals surface area contributed by atoms with Gasteiger partial charge in [0.25, 0.3) is 0 Å². The molecule has 3 heterocycles. The van der Waals surface area contributed by atoms with Crippen molar-refractivity contribution in [1.82, 2.24) is 19.7 Å². The molecule has 8 heteroatoms. The Morgan fingerprint density at radius 3 is 2.63 bits per heavy atom. The molecule has 0 spiro atoms. The minimum absolute atomic E-state index is 0.0941. The average Bonchev–Trinajstić information content (AvgIpc) is 3.05. The van der Waals surface area contributed by atoms with E-state index in [1.807, 2.05) is 13.0 Å². The van der Waals surface area contributed by atoms with E-state index in [0.717, 1.165) is 11.1 Å². The summed E-state index contributed by atoms with van der Waals surface area (Å²) in [5.74, 6) is -0.525. The number of nitrogens with zero attached hydrogens (tertiary/aromatic N) is 4. The van der Waals surface area contributed by atoms with E-state index in [2.05, 4.69) is 10.1 Å². The van der Waals surface area contributed by atoms with Crippen molar-refractivity contribution in [3.05, 3.63) is 83.1 Å². The van der Waals surface area contributed by atoms with Crippen LogP contribution in [0.5, 0.6) is 5.88 Å². The Hall–Kier alpha value is -3.81. The van der Waals surface area contributed by atoms with Gasteiger partial charge in [0.1, 0.15) is 11.6 Å². The molecule has 0 bridgehead atoms. The zero-order chi connectivity index (χ0) is 20.8. The highest BCUT2D eigenvalue weighted by atomic mass is 19.1. The van der Waals surface area contributed by atoms with E-state index in [1.165, 1.54) is 23.1 Å². The second-order valence-corrected chi connectivity index (χ2v) is 7.11. The van der Waals surface area contributed by atoms with Crippen molar-refractivity contribution in [2.75, 3.05) is 0 Å². The Morgan fingerprint density at radius 1 is 1.10 bits per heavy atom. The lowest BCUT2D eigenvalue weighted by Gasteiger charge is -2.27. The highest BCUT2D eigenvalue weighted by molar-refractivity contribution is 5.83. The summed E-state index contributed by atoms with van der Waals surface area (Å²) >= 11 is 0. The number of aryl methyl sites for hydroxylation is 1. The van der Waals surface area contributed by atoms with E-state index in [9.17, 15) is 13.6 Å². The molecule has 6 nitrogen and oxygen atoms in total. The van der Waals surface area contributed by atoms with E-state index < -0.39 is 6.09 Å². The number of aromatic nitrogens is 3. The van der Waals surface area contributed by atoms with E-state index in [4.69, 9.17) is 4.74 Å². The predicted octanol–water partition coefficient (Wildman–Crippen LogP) is 4.52. The first kappa shape index (κ1) is 18.2. The number of carbonyl (C=O) groups excluding carboxylic acids is 1. The number of hydrogen-bond donors (Lipinski definition) is 0. The van der Waals surface area contributed by atoms with Gasteiger partial charge in [0.05, 0.1) is 24.5 Å². The van der Waals surface area contributed by atoms with Crippen LogP contribution in [0.2, 0.25) is 0 Å². The number of fused-ring (bicyclic) bond motifs is 2. The van der Waals surface area contributed by atoms with E-state index in [0.29, 0.717) is 22.5 Å². The number of benzene rings is 2. The SMILES string of the molecule is Cc1nn(-c2ccc(F)cc2)c2nc3c(cc12)CN(Cc1ccccc1F)C(=O)O3. The first-order chi connectivity index (χ1) is 14.5. The first-order valence-electron chi connectivity index (χ1n) is 9.35. The molecule has 0 radical (unpaired) electrons. The van der Waals surface area contributed by atoms with Crippen LogP contribution in [0.15, 0.2) is 54.6 Å². The van der Waals surface area contributed by atoms with Crippen LogP contribution >= 0.6 is 0 Å². The lowest BCUT2D eigenvalue weighted by atomic mass is 10.1. The molecule has 30 heavy (non-hydrogen) atoms. The molecule has 1 amide bonds. The van der Waals surface area contributed by atoms with Crippen molar-refractivity contribution in [3.63, 3.8) is 0 Å². The number of pyridine rings is 1. The molecule has 2 aromatic heterocycles. The summed E-state index contributed by atoms with van der Waals surface area (Å²) in [6, 6.07) is 14.1. The van der Waals surface area contributed by atoms with Crippen LogP contribution in [-0.2, 0) is 13.1 Å². The van der Waals surface area contributed by atoms with Gasteiger partial charge >= 0.3 is 6.09 Å². The molecule has 2 aromatic carbocycles. The summed E-state index contributed by atoms with van der Waals surface area (Å²) in [7, 11) is 0. The van der Waals surface area contributed by atoms with E-state index >= 15 is 0 Å². The van der Waals surface area contributed by atoms with Gasteiger partial charge in [-0.1, -0.05) is 18.2 Å². The van der Waals surface area contributed by atoms with Crippen LogP contribution in [0.3, 0.4) is 0 Å². The molecule has 4 aromatic rings. The smallest absolute Gasteiger partial charge is 0.391 e. The van der Waals surface area contributed by atoms with Crippen LogP contribution in [0.1, 0.15) is 16.8 Å². The number of carbonyl (C=O) groups is 1. The fraction of sp³-hybridized carbons (Fsp3) is 0.136. The minimum atomic E-state index is -0.595.